The molecule has 0 atom stereocenters. The third kappa shape index (κ3) is 4.87. The standard InChI is InChI=1S/C19H19N7O.C13H15ClN4O/c1-19(2)18-24-14-13(10-3-4-10)23-16(25-17(14)26(18)5-6-27-19)12-7-11(8-20)15(21)22-9-12;1-13(2)11-15-9-8(7-3-4-7)16-12(14)17-10(9)18(11)5-6-19-13/h7,9-10H,3-6H2,1-2H3,(H2,21,22);7H,3-6H2,1-2H3. The van der Waals surface area contributed by atoms with Crippen LogP contribution in [-0.2, 0) is 33.8 Å². The Labute approximate surface area is 270 Å². The first-order valence-corrected chi connectivity index (χ1v) is 16.1. The molecule has 0 amide bonds. The lowest BCUT2D eigenvalue weighted by Gasteiger charge is -2.30. The molecule has 236 valence electrons. The molecule has 2 fully saturated rings. The number of nitrogen functional groups attached to an aromatic ring is 1. The van der Waals surface area contributed by atoms with Crippen molar-refractivity contribution < 1.29 is 9.47 Å². The maximum Gasteiger partial charge on any atom is 0.224 e. The summed E-state index contributed by atoms with van der Waals surface area (Å²) in [5.41, 5.74) is 11.4. The fourth-order valence-corrected chi connectivity index (χ4v) is 6.54. The summed E-state index contributed by atoms with van der Waals surface area (Å²) >= 11 is 6.07. The number of imidazole rings is 2. The van der Waals surface area contributed by atoms with Gasteiger partial charge in [0.2, 0.25) is 5.28 Å². The Morgan fingerprint density at radius 3 is 1.91 bits per heavy atom. The molecule has 5 aromatic rings. The number of hydrogen-bond donors (Lipinski definition) is 1. The third-order valence-electron chi connectivity index (χ3n) is 9.07. The first kappa shape index (κ1) is 29.2. The minimum absolute atomic E-state index is 0.213. The van der Waals surface area contributed by atoms with E-state index < -0.39 is 5.60 Å². The average molecular weight is 640 g/mol. The normalized spacial score (nSPS) is 19.7. The molecule has 13 nitrogen and oxygen atoms in total. The maximum atomic E-state index is 9.26. The number of anilines is 1. The molecule has 2 aliphatic carbocycles. The van der Waals surface area contributed by atoms with Crippen LogP contribution in [0.5, 0.6) is 0 Å². The van der Waals surface area contributed by atoms with Crippen molar-refractivity contribution in [1.82, 2.24) is 44.0 Å². The maximum absolute atomic E-state index is 9.26. The summed E-state index contributed by atoms with van der Waals surface area (Å²) in [5, 5.41) is 9.58. The van der Waals surface area contributed by atoms with Gasteiger partial charge in [0.05, 0.1) is 30.2 Å². The van der Waals surface area contributed by atoms with E-state index in [4.69, 9.17) is 46.7 Å². The number of halogens is 1. The van der Waals surface area contributed by atoms with E-state index in [0.29, 0.717) is 53.8 Å². The SMILES string of the molecule is CC1(C)OCCn2c1nc1c(C3CC3)nc(-c3cnc(N)c(C#N)c3)nc12.CC1(C)OCCn2c1nc1c(C3CC3)nc(Cl)nc12. The smallest absolute Gasteiger partial charge is 0.224 e. The van der Waals surface area contributed by atoms with Crippen LogP contribution in [0.4, 0.5) is 5.82 Å². The van der Waals surface area contributed by atoms with E-state index in [9.17, 15) is 5.26 Å². The van der Waals surface area contributed by atoms with Crippen LogP contribution in [0, 0.1) is 11.3 Å². The van der Waals surface area contributed by atoms with Crippen molar-refractivity contribution in [3.05, 3.63) is 46.1 Å². The van der Waals surface area contributed by atoms with E-state index in [2.05, 4.69) is 30.2 Å². The Morgan fingerprint density at radius 1 is 0.826 bits per heavy atom. The van der Waals surface area contributed by atoms with Crippen LogP contribution in [0.1, 0.15) is 93.8 Å². The van der Waals surface area contributed by atoms with Crippen molar-refractivity contribution in [2.45, 2.75) is 89.5 Å². The molecule has 46 heavy (non-hydrogen) atoms. The van der Waals surface area contributed by atoms with Crippen LogP contribution in [0.15, 0.2) is 12.3 Å². The largest absolute Gasteiger partial charge is 0.383 e. The highest BCUT2D eigenvalue weighted by atomic mass is 35.5. The second kappa shape index (κ2) is 10.4. The molecule has 0 bridgehead atoms. The minimum atomic E-state index is -0.462. The van der Waals surface area contributed by atoms with Crippen LogP contribution in [0.3, 0.4) is 0 Å². The molecule has 2 N–H and O–H groups in total. The number of pyridine rings is 1. The summed E-state index contributed by atoms with van der Waals surface area (Å²) in [7, 11) is 0. The third-order valence-corrected chi connectivity index (χ3v) is 9.24. The van der Waals surface area contributed by atoms with E-state index in [1.54, 1.807) is 12.3 Å². The number of rotatable bonds is 3. The van der Waals surface area contributed by atoms with Gasteiger partial charge in [-0.2, -0.15) is 10.2 Å². The second-order valence-corrected chi connectivity index (χ2v) is 13.7. The van der Waals surface area contributed by atoms with Crippen molar-refractivity contribution in [2.75, 3.05) is 18.9 Å². The Balaban J connectivity index is 0.000000144. The predicted octanol–water partition coefficient (Wildman–Crippen LogP) is 5.11. The van der Waals surface area contributed by atoms with Crippen LogP contribution in [0.25, 0.3) is 33.7 Å². The number of aromatic nitrogens is 9. The molecule has 5 aromatic heterocycles. The topological polar surface area (TPSA) is 168 Å². The molecular weight excluding hydrogens is 606 g/mol. The first-order valence-electron chi connectivity index (χ1n) is 15.7. The highest BCUT2D eigenvalue weighted by Crippen LogP contribution is 2.44. The Kier molecular flexibility index (Phi) is 6.58. The number of nitrogens with zero attached hydrogens (tertiary/aromatic N) is 10. The van der Waals surface area contributed by atoms with Crippen LogP contribution < -0.4 is 5.73 Å². The zero-order valence-corrected chi connectivity index (χ0v) is 27.0. The molecule has 7 heterocycles. The lowest BCUT2D eigenvalue weighted by atomic mass is 10.1. The van der Waals surface area contributed by atoms with Gasteiger partial charge in [-0.05, 0) is 71.0 Å². The summed E-state index contributed by atoms with van der Waals surface area (Å²) in [6.45, 7) is 10.9. The average Bonchev–Trinajstić information content (AvgIpc) is 3.96. The van der Waals surface area contributed by atoms with Crippen molar-refractivity contribution in [3.8, 4) is 17.5 Å². The van der Waals surface area contributed by atoms with Gasteiger partial charge in [-0.3, -0.25) is 0 Å². The molecule has 2 saturated carbocycles. The van der Waals surface area contributed by atoms with Gasteiger partial charge in [-0.15, -0.1) is 0 Å². The summed E-state index contributed by atoms with van der Waals surface area (Å²) in [6.07, 6.45) is 6.18. The minimum Gasteiger partial charge on any atom is -0.383 e. The molecule has 4 aliphatic rings. The summed E-state index contributed by atoms with van der Waals surface area (Å²) < 4.78 is 16.0. The molecule has 14 heteroatoms. The van der Waals surface area contributed by atoms with Gasteiger partial charge >= 0.3 is 0 Å². The monoisotopic (exact) mass is 639 g/mol. The Bertz CT molecular complexity index is 2090. The van der Waals surface area contributed by atoms with Crippen LogP contribution >= 0.6 is 11.6 Å². The van der Waals surface area contributed by atoms with E-state index in [1.807, 2.05) is 27.7 Å². The number of nitrogens with two attached hydrogens (primary N) is 1. The first-order chi connectivity index (χ1) is 22.0. The molecular formula is C32H34ClN11O2. The van der Waals surface area contributed by atoms with Gasteiger partial charge in [-0.25, -0.2) is 29.9 Å². The summed E-state index contributed by atoms with van der Waals surface area (Å²) in [5.74, 6) is 3.49. The molecule has 0 saturated heterocycles. The zero-order chi connectivity index (χ0) is 32.0. The Hall–Kier alpha value is -4.25. The molecule has 9 rings (SSSR count). The molecule has 2 aliphatic heterocycles. The van der Waals surface area contributed by atoms with Crippen LogP contribution in [0.2, 0.25) is 5.28 Å². The zero-order valence-electron chi connectivity index (χ0n) is 26.2. The molecule has 0 radical (unpaired) electrons. The van der Waals surface area contributed by atoms with Crippen molar-refractivity contribution in [2.24, 2.45) is 0 Å². The van der Waals surface area contributed by atoms with Crippen LogP contribution in [-0.4, -0.2) is 57.2 Å². The van der Waals surface area contributed by atoms with Crippen molar-refractivity contribution in [1.29, 1.82) is 5.26 Å². The van der Waals surface area contributed by atoms with Crippen molar-refractivity contribution >= 4 is 39.7 Å². The fraction of sp³-hybridized carbons (Fsp3) is 0.500. The van der Waals surface area contributed by atoms with Gasteiger partial charge in [0.1, 0.15) is 45.8 Å². The summed E-state index contributed by atoms with van der Waals surface area (Å²) in [6, 6.07) is 3.77. The molecule has 0 aromatic carbocycles. The van der Waals surface area contributed by atoms with Gasteiger partial charge in [0.15, 0.2) is 17.1 Å². The molecule has 0 unspecified atom stereocenters. The van der Waals surface area contributed by atoms with E-state index in [0.717, 1.165) is 64.8 Å². The van der Waals surface area contributed by atoms with Gasteiger partial charge < -0.3 is 24.3 Å². The summed E-state index contributed by atoms with van der Waals surface area (Å²) in [4.78, 5) is 32.2. The molecule has 0 spiro atoms. The number of fused-ring (bicyclic) bond motifs is 6. The quantitative estimate of drug-likeness (QED) is 0.260. The highest BCUT2D eigenvalue weighted by molar-refractivity contribution is 6.28. The van der Waals surface area contributed by atoms with Crippen molar-refractivity contribution in [3.63, 3.8) is 0 Å². The van der Waals surface area contributed by atoms with E-state index >= 15 is 0 Å². The van der Waals surface area contributed by atoms with Gasteiger partial charge in [0, 0.05) is 36.7 Å². The van der Waals surface area contributed by atoms with E-state index in [1.165, 1.54) is 12.8 Å². The second-order valence-electron chi connectivity index (χ2n) is 13.4. The Morgan fingerprint density at radius 2 is 1.37 bits per heavy atom. The number of nitriles is 1. The lowest BCUT2D eigenvalue weighted by Crippen LogP contribution is -2.33. The predicted molar refractivity (Wildman–Crippen MR) is 170 cm³/mol. The fourth-order valence-electron chi connectivity index (χ4n) is 6.37. The number of ether oxygens (including phenoxy) is 2. The van der Waals surface area contributed by atoms with E-state index in [-0.39, 0.29) is 11.4 Å². The lowest BCUT2D eigenvalue weighted by molar-refractivity contribution is -0.0532. The van der Waals surface area contributed by atoms with Gasteiger partial charge in [0.25, 0.3) is 0 Å². The number of hydrogen-bond acceptors (Lipinski definition) is 11. The van der Waals surface area contributed by atoms with Gasteiger partial charge in [-0.1, -0.05) is 0 Å². The highest BCUT2D eigenvalue weighted by Gasteiger charge is 2.37.